The molecule has 0 bridgehead atoms. The zero-order valence-electron chi connectivity index (χ0n) is 9.82. The Morgan fingerprint density at radius 3 is 2.82 bits per heavy atom. The van der Waals surface area contributed by atoms with Crippen molar-refractivity contribution in [2.75, 3.05) is 31.1 Å². The van der Waals surface area contributed by atoms with E-state index in [-0.39, 0.29) is 0 Å². The Kier molecular flexibility index (Phi) is 2.93. The zero-order chi connectivity index (χ0) is 11.5. The molecule has 17 heavy (non-hydrogen) atoms. The second-order valence-electron chi connectivity index (χ2n) is 4.54. The second-order valence-corrected chi connectivity index (χ2v) is 4.54. The van der Waals surface area contributed by atoms with Crippen LogP contribution in [0.15, 0.2) is 12.4 Å². The summed E-state index contributed by atoms with van der Waals surface area (Å²) in [5.41, 5.74) is 0.848. The highest BCUT2D eigenvalue weighted by Gasteiger charge is 2.18. The Hall–Kier alpha value is -1.60. The number of piperazine rings is 1. The topological polar surface area (TPSA) is 41.0 Å². The predicted octanol–water partition coefficient (Wildman–Crippen LogP) is 0.648. The lowest BCUT2D eigenvalue weighted by molar-refractivity contribution is 0.584. The number of nitrogens with one attached hydrogen (secondary N) is 1. The Balaban J connectivity index is 1.75. The molecule has 1 N–H and O–H groups in total. The summed E-state index contributed by atoms with van der Waals surface area (Å²) in [6, 6.07) is 2.00. The van der Waals surface area contributed by atoms with Crippen LogP contribution < -0.4 is 10.2 Å². The van der Waals surface area contributed by atoms with Crippen molar-refractivity contribution in [2.24, 2.45) is 5.92 Å². The van der Waals surface area contributed by atoms with Crippen molar-refractivity contribution in [3.8, 4) is 11.8 Å². The third-order valence-corrected chi connectivity index (χ3v) is 3.08. The lowest BCUT2D eigenvalue weighted by atomic mass is 10.3. The molecule has 4 heteroatoms. The van der Waals surface area contributed by atoms with E-state index in [1.54, 1.807) is 6.33 Å². The number of nitrogens with zero attached hydrogens (tertiary/aromatic N) is 3. The van der Waals surface area contributed by atoms with Gasteiger partial charge in [-0.3, -0.25) is 0 Å². The first-order chi connectivity index (χ1) is 8.42. The number of anilines is 1. The van der Waals surface area contributed by atoms with Crippen LogP contribution in [0.1, 0.15) is 18.5 Å². The molecule has 2 fully saturated rings. The third kappa shape index (κ3) is 2.75. The summed E-state index contributed by atoms with van der Waals surface area (Å²) in [4.78, 5) is 10.8. The molecule has 1 aliphatic carbocycles. The molecule has 1 aliphatic heterocycles. The van der Waals surface area contributed by atoms with Gasteiger partial charge in [0.05, 0.1) is 0 Å². The van der Waals surface area contributed by atoms with Crippen LogP contribution in [0.2, 0.25) is 0 Å². The van der Waals surface area contributed by atoms with Crippen molar-refractivity contribution < 1.29 is 0 Å². The van der Waals surface area contributed by atoms with Crippen LogP contribution in [-0.4, -0.2) is 36.1 Å². The molecule has 0 aromatic carbocycles. The smallest absolute Gasteiger partial charge is 0.133 e. The molecule has 0 atom stereocenters. The Morgan fingerprint density at radius 1 is 1.24 bits per heavy atom. The summed E-state index contributed by atoms with van der Waals surface area (Å²) in [6.45, 7) is 4.05. The first-order valence-electron chi connectivity index (χ1n) is 6.21. The van der Waals surface area contributed by atoms with Gasteiger partial charge in [-0.05, 0) is 18.8 Å². The molecule has 2 aliphatic rings. The van der Waals surface area contributed by atoms with Crippen molar-refractivity contribution in [1.29, 1.82) is 0 Å². The maximum atomic E-state index is 4.33. The molecule has 2 heterocycles. The van der Waals surface area contributed by atoms with Crippen LogP contribution in [0.25, 0.3) is 0 Å². The van der Waals surface area contributed by atoms with Crippen LogP contribution >= 0.6 is 0 Å². The normalized spacial score (nSPS) is 19.6. The number of hydrogen-bond donors (Lipinski definition) is 1. The number of hydrogen-bond acceptors (Lipinski definition) is 4. The molecule has 1 saturated heterocycles. The van der Waals surface area contributed by atoms with Crippen molar-refractivity contribution in [2.45, 2.75) is 12.8 Å². The predicted molar refractivity (Wildman–Crippen MR) is 66.7 cm³/mol. The van der Waals surface area contributed by atoms with Gasteiger partial charge in [-0.25, -0.2) is 9.97 Å². The molecule has 0 amide bonds. The zero-order valence-corrected chi connectivity index (χ0v) is 9.82. The number of rotatable bonds is 1. The maximum Gasteiger partial charge on any atom is 0.133 e. The fraction of sp³-hybridized carbons (Fsp3) is 0.538. The first-order valence-corrected chi connectivity index (χ1v) is 6.21. The van der Waals surface area contributed by atoms with Gasteiger partial charge in [0.2, 0.25) is 0 Å². The Morgan fingerprint density at radius 2 is 2.06 bits per heavy atom. The average Bonchev–Trinajstić information content (AvgIpc) is 3.22. The summed E-state index contributed by atoms with van der Waals surface area (Å²) in [7, 11) is 0. The molecule has 0 unspecified atom stereocenters. The lowest BCUT2D eigenvalue weighted by Crippen LogP contribution is -2.43. The standard InChI is InChI=1S/C13H16N4/c1-2-11(1)3-4-12-9-13(16-10-15-12)17-7-5-14-6-8-17/h9-11,14H,1-2,5-8H2. The van der Waals surface area contributed by atoms with E-state index in [2.05, 4.69) is 32.0 Å². The molecular formula is C13H16N4. The van der Waals surface area contributed by atoms with E-state index < -0.39 is 0 Å². The van der Waals surface area contributed by atoms with Gasteiger partial charge in [-0.2, -0.15) is 0 Å². The van der Waals surface area contributed by atoms with E-state index in [1.165, 1.54) is 12.8 Å². The van der Waals surface area contributed by atoms with E-state index in [9.17, 15) is 0 Å². The highest BCUT2D eigenvalue weighted by atomic mass is 15.2. The summed E-state index contributed by atoms with van der Waals surface area (Å²) in [5, 5.41) is 3.33. The van der Waals surface area contributed by atoms with Gasteiger partial charge < -0.3 is 10.2 Å². The minimum atomic E-state index is 0.618. The van der Waals surface area contributed by atoms with E-state index in [0.717, 1.165) is 37.7 Å². The van der Waals surface area contributed by atoms with Gasteiger partial charge in [0.25, 0.3) is 0 Å². The summed E-state index contributed by atoms with van der Waals surface area (Å²) in [6.07, 6.45) is 4.12. The summed E-state index contributed by atoms with van der Waals surface area (Å²) < 4.78 is 0. The highest BCUT2D eigenvalue weighted by Crippen LogP contribution is 2.27. The maximum absolute atomic E-state index is 4.33. The largest absolute Gasteiger partial charge is 0.354 e. The van der Waals surface area contributed by atoms with Crippen LogP contribution in [0.3, 0.4) is 0 Å². The Labute approximate surface area is 101 Å². The van der Waals surface area contributed by atoms with Crippen molar-refractivity contribution in [3.63, 3.8) is 0 Å². The van der Waals surface area contributed by atoms with Crippen molar-refractivity contribution in [1.82, 2.24) is 15.3 Å². The quantitative estimate of drug-likeness (QED) is 0.716. The van der Waals surface area contributed by atoms with Crippen LogP contribution in [0.5, 0.6) is 0 Å². The molecule has 4 nitrogen and oxygen atoms in total. The highest BCUT2D eigenvalue weighted by molar-refractivity contribution is 5.44. The molecule has 1 saturated carbocycles. The summed E-state index contributed by atoms with van der Waals surface area (Å²) in [5.74, 6) is 7.99. The Bertz CT molecular complexity index is 450. The second kappa shape index (κ2) is 4.72. The van der Waals surface area contributed by atoms with Gasteiger partial charge in [-0.1, -0.05) is 5.92 Å². The first kappa shape index (κ1) is 10.5. The van der Waals surface area contributed by atoms with Gasteiger partial charge in [-0.15, -0.1) is 0 Å². The SMILES string of the molecule is C(#CC1CC1)c1cc(N2CCNCC2)ncn1. The third-order valence-electron chi connectivity index (χ3n) is 3.08. The molecule has 0 spiro atoms. The molecule has 3 rings (SSSR count). The van der Waals surface area contributed by atoms with Crippen molar-refractivity contribution in [3.05, 3.63) is 18.1 Å². The van der Waals surface area contributed by atoms with E-state index >= 15 is 0 Å². The average molecular weight is 228 g/mol. The van der Waals surface area contributed by atoms with Gasteiger partial charge in [0.15, 0.2) is 0 Å². The minimum Gasteiger partial charge on any atom is -0.354 e. The number of aromatic nitrogens is 2. The fourth-order valence-corrected chi connectivity index (χ4v) is 1.89. The van der Waals surface area contributed by atoms with Crippen LogP contribution in [-0.2, 0) is 0 Å². The van der Waals surface area contributed by atoms with Gasteiger partial charge >= 0.3 is 0 Å². The molecule has 88 valence electrons. The monoisotopic (exact) mass is 228 g/mol. The van der Waals surface area contributed by atoms with Gasteiger partial charge in [0, 0.05) is 38.2 Å². The van der Waals surface area contributed by atoms with E-state index in [4.69, 9.17) is 0 Å². The molecule has 1 aromatic rings. The summed E-state index contributed by atoms with van der Waals surface area (Å²) >= 11 is 0. The lowest BCUT2D eigenvalue weighted by Gasteiger charge is -2.28. The van der Waals surface area contributed by atoms with Crippen molar-refractivity contribution >= 4 is 5.82 Å². The van der Waals surface area contributed by atoms with E-state index in [1.807, 2.05) is 6.07 Å². The minimum absolute atomic E-state index is 0.618. The van der Waals surface area contributed by atoms with Gasteiger partial charge in [0.1, 0.15) is 17.8 Å². The molecule has 1 aromatic heterocycles. The molecular weight excluding hydrogens is 212 g/mol. The van der Waals surface area contributed by atoms with E-state index in [0.29, 0.717) is 5.92 Å². The van der Waals surface area contributed by atoms with Crippen LogP contribution in [0, 0.1) is 17.8 Å². The van der Waals surface area contributed by atoms with Crippen LogP contribution in [0.4, 0.5) is 5.82 Å². The fourth-order valence-electron chi connectivity index (χ4n) is 1.89. The molecule has 0 radical (unpaired) electrons.